The maximum absolute atomic E-state index is 11.0. The zero-order valence-corrected chi connectivity index (χ0v) is 14.9. The summed E-state index contributed by atoms with van der Waals surface area (Å²) in [5.41, 5.74) is 3.71. The van der Waals surface area contributed by atoms with Crippen molar-refractivity contribution in [1.29, 1.82) is 0 Å². The van der Waals surface area contributed by atoms with E-state index in [1.807, 2.05) is 0 Å². The smallest absolute Gasteiger partial charge is 0.122 e. The molecule has 1 heteroatoms. The van der Waals surface area contributed by atoms with E-state index in [0.29, 0.717) is 17.6 Å². The Hall–Kier alpha value is -1.24. The molecule has 22 heavy (non-hydrogen) atoms. The predicted octanol–water partition coefficient (Wildman–Crippen LogP) is 5.67. The van der Waals surface area contributed by atoms with Gasteiger partial charge in [-0.2, -0.15) is 0 Å². The number of benzene rings is 1. The van der Waals surface area contributed by atoms with Gasteiger partial charge >= 0.3 is 0 Å². The molecule has 1 nitrogen and oxygen atoms in total. The monoisotopic (exact) mass is 298 g/mol. The molecule has 2 aliphatic rings. The Morgan fingerprint density at radius 1 is 0.909 bits per heavy atom. The van der Waals surface area contributed by atoms with Crippen molar-refractivity contribution < 1.29 is 5.11 Å². The van der Waals surface area contributed by atoms with Gasteiger partial charge in [0.2, 0.25) is 0 Å². The van der Waals surface area contributed by atoms with E-state index in [4.69, 9.17) is 0 Å². The molecule has 3 unspecified atom stereocenters. The highest BCUT2D eigenvalue weighted by Gasteiger charge is 2.39. The molecule has 120 valence electrons. The van der Waals surface area contributed by atoms with E-state index in [0.717, 1.165) is 11.5 Å². The van der Waals surface area contributed by atoms with Gasteiger partial charge in [-0.1, -0.05) is 65.8 Å². The number of hydrogen-bond donors (Lipinski definition) is 1. The third-order valence-corrected chi connectivity index (χ3v) is 5.49. The van der Waals surface area contributed by atoms with E-state index in [2.05, 4.69) is 65.8 Å². The molecule has 1 N–H and O–H groups in total. The fourth-order valence-electron chi connectivity index (χ4n) is 4.08. The van der Waals surface area contributed by atoms with Gasteiger partial charge in [-0.3, -0.25) is 0 Å². The van der Waals surface area contributed by atoms with Crippen molar-refractivity contribution in [2.75, 3.05) is 0 Å². The molecule has 1 aromatic rings. The average molecular weight is 298 g/mol. The number of hydrogen-bond acceptors (Lipinski definition) is 1. The highest BCUT2D eigenvalue weighted by atomic mass is 16.3. The minimum absolute atomic E-state index is 0.0342. The molecule has 2 bridgehead atoms. The first-order valence-electron chi connectivity index (χ1n) is 8.63. The highest BCUT2D eigenvalue weighted by Crippen LogP contribution is 2.52. The van der Waals surface area contributed by atoms with Crippen LogP contribution in [0.1, 0.15) is 77.0 Å². The number of allylic oxidation sites excluding steroid dienone is 2. The lowest BCUT2D eigenvalue weighted by molar-refractivity contribution is 0.425. The molecule has 1 fully saturated rings. The summed E-state index contributed by atoms with van der Waals surface area (Å²) in [6.45, 7) is 13.4. The van der Waals surface area contributed by atoms with Gasteiger partial charge in [0.15, 0.2) is 0 Å². The Morgan fingerprint density at radius 3 is 2.05 bits per heavy atom. The first-order valence-corrected chi connectivity index (χ1v) is 8.63. The lowest BCUT2D eigenvalue weighted by atomic mass is 9.75. The molecule has 3 rings (SSSR count). The van der Waals surface area contributed by atoms with Crippen LogP contribution in [-0.2, 0) is 10.8 Å². The molecule has 0 amide bonds. The van der Waals surface area contributed by atoms with Gasteiger partial charge in [-0.05, 0) is 58.1 Å². The maximum atomic E-state index is 11.0. The van der Waals surface area contributed by atoms with Crippen molar-refractivity contribution in [1.82, 2.24) is 0 Å². The van der Waals surface area contributed by atoms with Gasteiger partial charge < -0.3 is 5.11 Å². The number of aromatic hydroxyl groups is 1. The third kappa shape index (κ3) is 2.59. The summed E-state index contributed by atoms with van der Waals surface area (Å²) in [4.78, 5) is 0. The number of phenolic OH excluding ortho intramolecular Hbond substituents is 1. The Bertz CT molecular complexity index is 610. The summed E-state index contributed by atoms with van der Waals surface area (Å²) in [5, 5.41) is 11.0. The van der Waals surface area contributed by atoms with Crippen molar-refractivity contribution in [2.45, 2.75) is 71.1 Å². The van der Waals surface area contributed by atoms with Crippen LogP contribution in [0.2, 0.25) is 0 Å². The fourth-order valence-corrected chi connectivity index (χ4v) is 4.08. The molecule has 3 atom stereocenters. The van der Waals surface area contributed by atoms with Crippen LogP contribution >= 0.6 is 0 Å². The van der Waals surface area contributed by atoms with E-state index in [-0.39, 0.29) is 10.8 Å². The van der Waals surface area contributed by atoms with Crippen LogP contribution in [0.15, 0.2) is 24.3 Å². The Kier molecular flexibility index (Phi) is 3.47. The summed E-state index contributed by atoms with van der Waals surface area (Å²) in [6.07, 6.45) is 7.22. The average Bonchev–Trinajstić information content (AvgIpc) is 2.98. The molecule has 0 radical (unpaired) electrons. The molecule has 0 aliphatic heterocycles. The van der Waals surface area contributed by atoms with Crippen LogP contribution < -0.4 is 0 Å². The minimum Gasteiger partial charge on any atom is -0.507 e. The Balaban J connectivity index is 2.14. The van der Waals surface area contributed by atoms with Gasteiger partial charge in [0.25, 0.3) is 0 Å². The van der Waals surface area contributed by atoms with Crippen molar-refractivity contribution in [2.24, 2.45) is 11.8 Å². The molecule has 0 spiro atoms. The predicted molar refractivity (Wildman–Crippen MR) is 93.6 cm³/mol. The second kappa shape index (κ2) is 4.88. The molecular weight excluding hydrogens is 268 g/mol. The van der Waals surface area contributed by atoms with E-state index in [1.54, 1.807) is 0 Å². The molecule has 0 aromatic heterocycles. The largest absolute Gasteiger partial charge is 0.507 e. The van der Waals surface area contributed by atoms with Crippen molar-refractivity contribution in [3.8, 4) is 5.75 Å². The highest BCUT2D eigenvalue weighted by molar-refractivity contribution is 5.51. The summed E-state index contributed by atoms with van der Waals surface area (Å²) in [6, 6.07) is 4.51. The van der Waals surface area contributed by atoms with Crippen molar-refractivity contribution in [3.05, 3.63) is 41.0 Å². The molecule has 1 saturated carbocycles. The quantitative estimate of drug-likeness (QED) is 0.663. The van der Waals surface area contributed by atoms with Gasteiger partial charge in [-0.15, -0.1) is 0 Å². The SMILES string of the molecule is CC(C)(C)c1cc(C2CC3C=CC2C3)c(O)c(C(C)(C)C)c1. The van der Waals surface area contributed by atoms with E-state index < -0.39 is 0 Å². The van der Waals surface area contributed by atoms with Crippen LogP contribution in [0.4, 0.5) is 0 Å². The summed E-state index contributed by atoms with van der Waals surface area (Å²) in [5.74, 6) is 2.40. The molecule has 2 aliphatic carbocycles. The zero-order chi connectivity index (χ0) is 16.3. The van der Waals surface area contributed by atoms with Gasteiger partial charge in [0.1, 0.15) is 5.75 Å². The topological polar surface area (TPSA) is 20.2 Å². The number of fused-ring (bicyclic) bond motifs is 2. The fraction of sp³-hybridized carbons (Fsp3) is 0.619. The Labute approximate surface area is 135 Å². The summed E-state index contributed by atoms with van der Waals surface area (Å²) < 4.78 is 0. The minimum atomic E-state index is -0.0342. The van der Waals surface area contributed by atoms with Gasteiger partial charge in [-0.25, -0.2) is 0 Å². The summed E-state index contributed by atoms with van der Waals surface area (Å²) >= 11 is 0. The van der Waals surface area contributed by atoms with Crippen LogP contribution in [0.5, 0.6) is 5.75 Å². The van der Waals surface area contributed by atoms with E-state index in [1.165, 1.54) is 24.0 Å². The second-order valence-corrected chi connectivity index (χ2v) is 9.35. The van der Waals surface area contributed by atoms with Crippen LogP contribution in [0.3, 0.4) is 0 Å². The normalized spacial score (nSPS) is 27.6. The first kappa shape index (κ1) is 15.6. The lowest BCUT2D eigenvalue weighted by Crippen LogP contribution is -2.19. The zero-order valence-electron chi connectivity index (χ0n) is 14.9. The Morgan fingerprint density at radius 2 is 1.59 bits per heavy atom. The van der Waals surface area contributed by atoms with Crippen molar-refractivity contribution in [3.63, 3.8) is 0 Å². The van der Waals surface area contributed by atoms with Crippen LogP contribution in [0, 0.1) is 11.8 Å². The maximum Gasteiger partial charge on any atom is 0.122 e. The lowest BCUT2D eigenvalue weighted by Gasteiger charge is -2.30. The van der Waals surface area contributed by atoms with E-state index >= 15 is 0 Å². The standard InChI is InChI=1S/C21H30O/c1-20(2,3)15-11-17(16-10-13-7-8-14(16)9-13)19(22)18(12-15)21(4,5)6/h7-8,11-14,16,22H,9-10H2,1-6H3. The molecule has 1 aromatic carbocycles. The number of phenols is 1. The van der Waals surface area contributed by atoms with Crippen LogP contribution in [0.25, 0.3) is 0 Å². The summed E-state index contributed by atoms with van der Waals surface area (Å²) in [7, 11) is 0. The molecule has 0 heterocycles. The van der Waals surface area contributed by atoms with Gasteiger partial charge in [0, 0.05) is 0 Å². The first-order chi connectivity index (χ1) is 10.1. The molecule has 0 saturated heterocycles. The van der Waals surface area contributed by atoms with Crippen LogP contribution in [-0.4, -0.2) is 5.11 Å². The number of rotatable bonds is 1. The van der Waals surface area contributed by atoms with Gasteiger partial charge in [0.05, 0.1) is 0 Å². The third-order valence-electron chi connectivity index (χ3n) is 5.49. The van der Waals surface area contributed by atoms with Crippen molar-refractivity contribution >= 4 is 0 Å². The molecular formula is C21H30O. The second-order valence-electron chi connectivity index (χ2n) is 9.35. The van der Waals surface area contributed by atoms with E-state index in [9.17, 15) is 5.11 Å².